The van der Waals surface area contributed by atoms with Crippen LogP contribution >= 0.6 is 27.5 Å². The number of carbonyl (C=O) groups excluding carboxylic acids is 1. The number of rotatable bonds is 2. The summed E-state index contributed by atoms with van der Waals surface area (Å²) in [6.45, 7) is 1.56. The van der Waals surface area contributed by atoms with Crippen molar-refractivity contribution in [2.24, 2.45) is 0 Å². The Morgan fingerprint density at radius 3 is 2.92 bits per heavy atom. The summed E-state index contributed by atoms with van der Waals surface area (Å²) in [5.74, 6) is -0.967. The van der Waals surface area contributed by atoms with Crippen LogP contribution in [0.2, 0.25) is 5.15 Å². The molecular weight excluding hydrogens is 260 g/mol. The molecule has 0 aliphatic rings. The Hall–Kier alpha value is -0.480. The first-order valence-electron chi connectivity index (χ1n) is 3.47. The summed E-state index contributed by atoms with van der Waals surface area (Å²) in [7, 11) is 0. The van der Waals surface area contributed by atoms with E-state index in [-0.39, 0.29) is 21.8 Å². The Morgan fingerprint density at radius 1 is 1.77 bits per heavy atom. The van der Waals surface area contributed by atoms with Gasteiger partial charge in [0.15, 0.2) is 11.6 Å². The van der Waals surface area contributed by atoms with Crippen LogP contribution < -0.4 is 0 Å². The van der Waals surface area contributed by atoms with Crippen molar-refractivity contribution in [1.82, 2.24) is 4.98 Å². The molecule has 2 nitrogen and oxygen atoms in total. The van der Waals surface area contributed by atoms with E-state index in [0.29, 0.717) is 5.56 Å². The molecule has 0 bridgehead atoms. The highest BCUT2D eigenvalue weighted by atomic mass is 79.9. The van der Waals surface area contributed by atoms with Gasteiger partial charge in [-0.05, 0) is 6.92 Å². The number of alkyl halides is 1. The van der Waals surface area contributed by atoms with E-state index in [4.69, 9.17) is 11.6 Å². The smallest absolute Gasteiger partial charge is 0.176 e. The summed E-state index contributed by atoms with van der Waals surface area (Å²) < 4.78 is 13.1. The fraction of sp³-hybridized carbons (Fsp3) is 0.250. The maximum absolute atomic E-state index is 13.1. The van der Waals surface area contributed by atoms with Gasteiger partial charge < -0.3 is 0 Å². The van der Waals surface area contributed by atoms with E-state index in [0.717, 1.165) is 6.20 Å². The highest BCUT2D eigenvalue weighted by Gasteiger charge is 2.16. The molecule has 0 saturated carbocycles. The van der Waals surface area contributed by atoms with Crippen molar-refractivity contribution >= 4 is 33.3 Å². The number of ketones is 1. The summed E-state index contributed by atoms with van der Waals surface area (Å²) >= 11 is 8.61. The van der Waals surface area contributed by atoms with E-state index >= 15 is 0 Å². The van der Waals surface area contributed by atoms with E-state index in [1.807, 2.05) is 0 Å². The molecule has 0 N–H and O–H groups in total. The molecule has 0 saturated heterocycles. The van der Waals surface area contributed by atoms with Gasteiger partial charge in [-0.3, -0.25) is 4.79 Å². The molecule has 0 fully saturated rings. The van der Waals surface area contributed by atoms with Crippen LogP contribution in [0.1, 0.15) is 15.9 Å². The topological polar surface area (TPSA) is 30.0 Å². The van der Waals surface area contributed by atoms with E-state index in [1.54, 1.807) is 6.92 Å². The maximum Gasteiger partial charge on any atom is 0.176 e. The molecule has 1 aromatic rings. The van der Waals surface area contributed by atoms with E-state index < -0.39 is 5.82 Å². The van der Waals surface area contributed by atoms with E-state index in [2.05, 4.69) is 20.9 Å². The predicted molar refractivity (Wildman–Crippen MR) is 52.1 cm³/mol. The third-order valence-electron chi connectivity index (χ3n) is 1.61. The van der Waals surface area contributed by atoms with Crippen molar-refractivity contribution in [3.8, 4) is 0 Å². The van der Waals surface area contributed by atoms with Crippen molar-refractivity contribution < 1.29 is 9.18 Å². The molecule has 0 unspecified atom stereocenters. The number of nitrogens with zero attached hydrogens (tertiary/aromatic N) is 1. The SMILES string of the molecule is Cc1c(Cl)ncc(F)c1C(=O)CBr. The second kappa shape index (κ2) is 4.15. The molecule has 1 heterocycles. The van der Waals surface area contributed by atoms with Gasteiger partial charge in [0.05, 0.1) is 17.1 Å². The molecule has 0 amide bonds. The van der Waals surface area contributed by atoms with Crippen LogP contribution in [0.25, 0.3) is 0 Å². The number of hydrogen-bond donors (Lipinski definition) is 0. The number of hydrogen-bond acceptors (Lipinski definition) is 2. The highest BCUT2D eigenvalue weighted by Crippen LogP contribution is 2.20. The molecule has 0 atom stereocenters. The predicted octanol–water partition coefficient (Wildman–Crippen LogP) is 2.76. The largest absolute Gasteiger partial charge is 0.293 e. The molecule has 1 rings (SSSR count). The van der Waals surface area contributed by atoms with Crippen LogP contribution in [-0.4, -0.2) is 16.1 Å². The standard InChI is InChI=1S/C8H6BrClFNO/c1-4-7(6(13)2-9)5(11)3-12-8(4)10/h3H,2H2,1H3. The van der Waals surface area contributed by atoms with Crippen LogP contribution in [0.5, 0.6) is 0 Å². The molecule has 0 radical (unpaired) electrons. The number of Topliss-reactive ketones (excluding diaryl/α,β-unsaturated/α-hetero) is 1. The zero-order valence-electron chi connectivity index (χ0n) is 6.77. The molecular formula is C8H6BrClFNO. The van der Waals surface area contributed by atoms with Gasteiger partial charge in [0.1, 0.15) is 5.15 Å². The Morgan fingerprint density at radius 2 is 2.38 bits per heavy atom. The van der Waals surface area contributed by atoms with Gasteiger partial charge in [-0.15, -0.1) is 0 Å². The van der Waals surface area contributed by atoms with Crippen molar-refractivity contribution in [3.63, 3.8) is 0 Å². The van der Waals surface area contributed by atoms with Crippen LogP contribution in [0, 0.1) is 12.7 Å². The summed E-state index contributed by atoms with van der Waals surface area (Å²) in [6, 6.07) is 0. The van der Waals surface area contributed by atoms with Crippen molar-refractivity contribution in [2.45, 2.75) is 6.92 Å². The van der Waals surface area contributed by atoms with Crippen molar-refractivity contribution in [2.75, 3.05) is 5.33 Å². The van der Waals surface area contributed by atoms with Gasteiger partial charge in [0.25, 0.3) is 0 Å². The number of aromatic nitrogens is 1. The van der Waals surface area contributed by atoms with Crippen LogP contribution in [-0.2, 0) is 0 Å². The number of halogens is 3. The second-order valence-corrected chi connectivity index (χ2v) is 3.37. The van der Waals surface area contributed by atoms with Gasteiger partial charge in [-0.1, -0.05) is 27.5 Å². The minimum absolute atomic E-state index is 0.0110. The number of pyridine rings is 1. The molecule has 0 aliphatic heterocycles. The second-order valence-electron chi connectivity index (χ2n) is 2.45. The zero-order chi connectivity index (χ0) is 10.0. The minimum Gasteiger partial charge on any atom is -0.293 e. The zero-order valence-corrected chi connectivity index (χ0v) is 9.12. The van der Waals surface area contributed by atoms with Gasteiger partial charge in [0, 0.05) is 5.56 Å². The molecule has 1 aromatic heterocycles. The summed E-state index contributed by atoms with van der Waals surface area (Å²) in [6.07, 6.45) is 0.950. The third-order valence-corrected chi connectivity index (χ3v) is 2.51. The third kappa shape index (κ3) is 2.06. The quantitative estimate of drug-likeness (QED) is 0.468. The fourth-order valence-electron chi connectivity index (χ4n) is 0.966. The van der Waals surface area contributed by atoms with Crippen LogP contribution in [0.3, 0.4) is 0 Å². The number of carbonyl (C=O) groups is 1. The maximum atomic E-state index is 13.1. The van der Waals surface area contributed by atoms with Crippen molar-refractivity contribution in [3.05, 3.63) is 28.3 Å². The Labute approximate surface area is 88.2 Å². The minimum atomic E-state index is -0.633. The van der Waals surface area contributed by atoms with E-state index in [9.17, 15) is 9.18 Å². The average Bonchev–Trinajstić information content (AvgIpc) is 2.12. The normalized spacial score (nSPS) is 10.2. The molecule has 70 valence electrons. The van der Waals surface area contributed by atoms with Gasteiger partial charge >= 0.3 is 0 Å². The summed E-state index contributed by atoms with van der Waals surface area (Å²) in [4.78, 5) is 14.8. The summed E-state index contributed by atoms with van der Waals surface area (Å²) in [5.41, 5.74) is 0.392. The van der Waals surface area contributed by atoms with Gasteiger partial charge in [-0.25, -0.2) is 9.37 Å². The lowest BCUT2D eigenvalue weighted by atomic mass is 10.1. The monoisotopic (exact) mass is 265 g/mol. The van der Waals surface area contributed by atoms with Gasteiger partial charge in [-0.2, -0.15) is 0 Å². The molecule has 0 aliphatic carbocycles. The lowest BCUT2D eigenvalue weighted by molar-refractivity contribution is 0.101. The lowest BCUT2D eigenvalue weighted by Gasteiger charge is -2.04. The van der Waals surface area contributed by atoms with Crippen molar-refractivity contribution in [1.29, 1.82) is 0 Å². The lowest BCUT2D eigenvalue weighted by Crippen LogP contribution is -2.07. The Bertz CT molecular complexity index is 356. The first-order valence-corrected chi connectivity index (χ1v) is 4.97. The van der Waals surface area contributed by atoms with Gasteiger partial charge in [0.2, 0.25) is 0 Å². The first-order chi connectivity index (χ1) is 6.07. The Balaban J connectivity index is 3.33. The highest BCUT2D eigenvalue weighted by molar-refractivity contribution is 9.09. The molecule has 5 heteroatoms. The van der Waals surface area contributed by atoms with E-state index in [1.165, 1.54) is 0 Å². The fourth-order valence-corrected chi connectivity index (χ4v) is 1.39. The molecule has 13 heavy (non-hydrogen) atoms. The Kier molecular flexibility index (Phi) is 3.39. The van der Waals surface area contributed by atoms with Crippen LogP contribution in [0.15, 0.2) is 6.20 Å². The molecule has 0 spiro atoms. The molecule has 0 aromatic carbocycles. The van der Waals surface area contributed by atoms with Crippen LogP contribution in [0.4, 0.5) is 4.39 Å². The first kappa shape index (κ1) is 10.6. The summed E-state index contributed by atoms with van der Waals surface area (Å²) in [5, 5.41) is 0.233. The average molecular weight is 266 g/mol.